The van der Waals surface area contributed by atoms with Crippen LogP contribution < -0.4 is 5.32 Å². The summed E-state index contributed by atoms with van der Waals surface area (Å²) in [6.45, 7) is 4.59. The molecule has 0 radical (unpaired) electrons. The summed E-state index contributed by atoms with van der Waals surface area (Å²) in [6.07, 6.45) is 0.868. The number of aromatic amines is 1. The molecule has 9 heteroatoms. The van der Waals surface area contributed by atoms with E-state index in [0.717, 1.165) is 24.2 Å². The van der Waals surface area contributed by atoms with E-state index >= 15 is 0 Å². The van der Waals surface area contributed by atoms with Gasteiger partial charge in [-0.3, -0.25) is 14.8 Å². The number of carbonyl (C=O) groups excluding carboxylic acids is 1. The third-order valence-electron chi connectivity index (χ3n) is 5.11. The molecule has 6 nitrogen and oxygen atoms in total. The molecule has 3 heterocycles. The van der Waals surface area contributed by atoms with E-state index in [4.69, 9.17) is 11.6 Å². The number of carbonyl (C=O) groups is 1. The number of fused-ring (bicyclic) bond motifs is 1. The Bertz CT molecular complexity index is 800. The van der Waals surface area contributed by atoms with Gasteiger partial charge >= 0.3 is 0 Å². The zero-order valence-electron chi connectivity index (χ0n) is 14.8. The van der Waals surface area contributed by atoms with Crippen molar-refractivity contribution in [2.75, 3.05) is 32.7 Å². The van der Waals surface area contributed by atoms with Gasteiger partial charge in [-0.25, -0.2) is 4.39 Å². The summed E-state index contributed by atoms with van der Waals surface area (Å²) < 4.78 is 14.0. The second-order valence-electron chi connectivity index (χ2n) is 6.72. The molecule has 1 amide bonds. The first-order valence-corrected chi connectivity index (χ1v) is 9.22. The Balaban J connectivity index is 0.00000210. The van der Waals surface area contributed by atoms with Crippen molar-refractivity contribution in [3.63, 3.8) is 0 Å². The fourth-order valence-corrected chi connectivity index (χ4v) is 3.79. The first-order valence-electron chi connectivity index (χ1n) is 8.85. The van der Waals surface area contributed by atoms with E-state index in [9.17, 15) is 9.18 Å². The molecule has 146 valence electrons. The highest BCUT2D eigenvalue weighted by atomic mass is 35.5. The normalized spacial score (nSPS) is 17.3. The number of nitrogens with zero attached hydrogens (tertiary/aromatic N) is 3. The average molecular weight is 414 g/mol. The number of hydrogen-bond acceptors (Lipinski definition) is 4. The van der Waals surface area contributed by atoms with Crippen LogP contribution in [0.5, 0.6) is 0 Å². The number of amides is 1. The van der Waals surface area contributed by atoms with Crippen LogP contribution in [0.1, 0.15) is 27.3 Å². The molecule has 0 atom stereocenters. The molecule has 2 aliphatic heterocycles. The molecule has 0 spiro atoms. The van der Waals surface area contributed by atoms with Crippen LogP contribution in [0.4, 0.5) is 4.39 Å². The highest BCUT2D eigenvalue weighted by molar-refractivity contribution is 6.31. The Morgan fingerprint density at radius 2 is 2.04 bits per heavy atom. The lowest BCUT2D eigenvalue weighted by atomic mass is 10.1. The largest absolute Gasteiger partial charge is 0.335 e. The molecule has 2 aromatic rings. The van der Waals surface area contributed by atoms with Crippen LogP contribution >= 0.6 is 24.0 Å². The highest BCUT2D eigenvalue weighted by Crippen LogP contribution is 2.22. The van der Waals surface area contributed by atoms with Crippen LogP contribution in [0.25, 0.3) is 0 Å². The first kappa shape index (κ1) is 20.1. The predicted molar refractivity (Wildman–Crippen MR) is 104 cm³/mol. The summed E-state index contributed by atoms with van der Waals surface area (Å²) in [5.41, 5.74) is 3.08. The zero-order valence-corrected chi connectivity index (χ0v) is 16.4. The molecule has 0 unspecified atom stereocenters. The zero-order chi connectivity index (χ0) is 18.1. The minimum Gasteiger partial charge on any atom is -0.335 e. The van der Waals surface area contributed by atoms with Gasteiger partial charge in [-0.1, -0.05) is 17.7 Å². The standard InChI is InChI=1S/C18H21ClFN5O.ClH/c19-14-2-1-3-15(20)13(14)11-24-6-8-25(9-7-24)18(26)17-12-10-21-5-4-16(12)22-23-17;/h1-3,21H,4-11H2,(H,22,23);1H. The van der Waals surface area contributed by atoms with E-state index in [2.05, 4.69) is 20.4 Å². The minimum absolute atomic E-state index is 0. The fraction of sp³-hybridized carbons (Fsp3) is 0.444. The highest BCUT2D eigenvalue weighted by Gasteiger charge is 2.28. The van der Waals surface area contributed by atoms with Crippen molar-refractivity contribution in [3.8, 4) is 0 Å². The van der Waals surface area contributed by atoms with Crippen molar-refractivity contribution in [1.82, 2.24) is 25.3 Å². The van der Waals surface area contributed by atoms with Crippen molar-refractivity contribution in [1.29, 1.82) is 0 Å². The lowest BCUT2D eigenvalue weighted by molar-refractivity contribution is 0.0620. The Morgan fingerprint density at radius 1 is 1.26 bits per heavy atom. The molecular formula is C18H22Cl2FN5O. The summed E-state index contributed by atoms with van der Waals surface area (Å²) in [4.78, 5) is 16.8. The third kappa shape index (κ3) is 4.11. The van der Waals surface area contributed by atoms with E-state index < -0.39 is 0 Å². The van der Waals surface area contributed by atoms with Gasteiger partial charge in [0.25, 0.3) is 5.91 Å². The number of nitrogens with one attached hydrogen (secondary N) is 2. The van der Waals surface area contributed by atoms with Crippen molar-refractivity contribution in [2.24, 2.45) is 0 Å². The van der Waals surface area contributed by atoms with Gasteiger partial charge in [0.15, 0.2) is 5.69 Å². The Kier molecular flexibility index (Phi) is 6.37. The van der Waals surface area contributed by atoms with Gasteiger partial charge in [0.05, 0.1) is 0 Å². The molecule has 0 saturated carbocycles. The molecular weight excluding hydrogens is 392 g/mol. The molecule has 1 aromatic carbocycles. The van der Waals surface area contributed by atoms with Crippen LogP contribution in [-0.4, -0.2) is 58.6 Å². The number of benzene rings is 1. The summed E-state index contributed by atoms with van der Waals surface area (Å²) in [6, 6.07) is 4.74. The topological polar surface area (TPSA) is 64.3 Å². The number of H-pyrrole nitrogens is 1. The van der Waals surface area contributed by atoms with Gasteiger partial charge in [0.2, 0.25) is 0 Å². The Morgan fingerprint density at radius 3 is 2.78 bits per heavy atom. The van der Waals surface area contributed by atoms with Gasteiger partial charge in [-0.2, -0.15) is 5.10 Å². The van der Waals surface area contributed by atoms with Crippen molar-refractivity contribution < 1.29 is 9.18 Å². The number of rotatable bonds is 3. The lowest BCUT2D eigenvalue weighted by Gasteiger charge is -2.34. The van der Waals surface area contributed by atoms with Crippen molar-refractivity contribution >= 4 is 29.9 Å². The van der Waals surface area contributed by atoms with E-state index in [1.54, 1.807) is 12.1 Å². The fourth-order valence-electron chi connectivity index (χ4n) is 3.57. The predicted octanol–water partition coefficient (Wildman–Crippen LogP) is 2.23. The molecule has 27 heavy (non-hydrogen) atoms. The van der Waals surface area contributed by atoms with Crippen LogP contribution in [0.3, 0.4) is 0 Å². The molecule has 1 fully saturated rings. The van der Waals surface area contributed by atoms with Crippen molar-refractivity contribution in [2.45, 2.75) is 19.5 Å². The summed E-state index contributed by atoms with van der Waals surface area (Å²) >= 11 is 6.11. The van der Waals surface area contributed by atoms with E-state index in [1.807, 2.05) is 4.90 Å². The van der Waals surface area contributed by atoms with Crippen LogP contribution in [0.2, 0.25) is 5.02 Å². The van der Waals surface area contributed by atoms with Crippen LogP contribution in [0, 0.1) is 5.82 Å². The van der Waals surface area contributed by atoms with E-state index in [0.29, 0.717) is 55.5 Å². The number of aromatic nitrogens is 2. The van der Waals surface area contributed by atoms with Crippen LogP contribution in [0.15, 0.2) is 18.2 Å². The Labute approximate surface area is 168 Å². The van der Waals surface area contributed by atoms with Gasteiger partial charge in [-0.15, -0.1) is 12.4 Å². The molecule has 4 rings (SSSR count). The lowest BCUT2D eigenvalue weighted by Crippen LogP contribution is -2.48. The number of piperazine rings is 1. The molecule has 1 aromatic heterocycles. The molecule has 0 aliphatic carbocycles. The molecule has 1 saturated heterocycles. The third-order valence-corrected chi connectivity index (χ3v) is 5.47. The van der Waals surface area contributed by atoms with Crippen molar-refractivity contribution in [3.05, 3.63) is 51.6 Å². The second-order valence-corrected chi connectivity index (χ2v) is 7.13. The summed E-state index contributed by atoms with van der Waals surface area (Å²) in [5, 5.41) is 11.0. The quantitative estimate of drug-likeness (QED) is 0.809. The molecule has 0 bridgehead atoms. The van der Waals surface area contributed by atoms with E-state index in [1.165, 1.54) is 6.07 Å². The monoisotopic (exact) mass is 413 g/mol. The SMILES string of the molecule is Cl.O=C(c1n[nH]c2c1CNCC2)N1CCN(Cc2c(F)cccc2Cl)CC1. The van der Waals surface area contributed by atoms with Gasteiger partial charge in [-0.05, 0) is 12.1 Å². The second kappa shape index (κ2) is 8.56. The van der Waals surface area contributed by atoms with E-state index in [-0.39, 0.29) is 24.1 Å². The Hall–Kier alpha value is -1.67. The minimum atomic E-state index is -0.286. The van der Waals surface area contributed by atoms with Gasteiger partial charge in [0, 0.05) is 74.1 Å². The average Bonchev–Trinajstić information content (AvgIpc) is 3.09. The maximum atomic E-state index is 14.0. The first-order chi connectivity index (χ1) is 12.6. The summed E-state index contributed by atoms with van der Waals surface area (Å²) in [7, 11) is 0. The van der Waals surface area contributed by atoms with Gasteiger partial charge < -0.3 is 10.2 Å². The number of halogens is 3. The molecule has 2 aliphatic rings. The molecule has 2 N–H and O–H groups in total. The smallest absolute Gasteiger partial charge is 0.274 e. The van der Waals surface area contributed by atoms with Gasteiger partial charge in [0.1, 0.15) is 5.82 Å². The maximum Gasteiger partial charge on any atom is 0.274 e. The van der Waals surface area contributed by atoms with Crippen LogP contribution in [-0.2, 0) is 19.5 Å². The maximum absolute atomic E-state index is 14.0. The summed E-state index contributed by atoms with van der Waals surface area (Å²) in [5.74, 6) is -0.318. The number of hydrogen-bond donors (Lipinski definition) is 2.